The third kappa shape index (κ3) is 6.24. The summed E-state index contributed by atoms with van der Waals surface area (Å²) in [6, 6.07) is 0.613. The Morgan fingerprint density at radius 2 is 1.58 bits per heavy atom. The van der Waals surface area contributed by atoms with Gasteiger partial charge in [0.2, 0.25) is 0 Å². The number of ether oxygens (including phenoxy) is 1. The van der Waals surface area contributed by atoms with Crippen LogP contribution in [-0.2, 0) is 4.74 Å². The summed E-state index contributed by atoms with van der Waals surface area (Å²) in [7, 11) is 0. The highest BCUT2D eigenvalue weighted by molar-refractivity contribution is 4.91. The van der Waals surface area contributed by atoms with Crippen LogP contribution in [0.1, 0.15) is 54.9 Å². The molecule has 19 heavy (non-hydrogen) atoms. The van der Waals surface area contributed by atoms with E-state index in [9.17, 15) is 0 Å². The molecule has 0 aromatic heterocycles. The first-order chi connectivity index (χ1) is 8.61. The third-order valence-electron chi connectivity index (χ3n) is 3.64. The van der Waals surface area contributed by atoms with Crippen LogP contribution in [0.4, 0.5) is 0 Å². The van der Waals surface area contributed by atoms with Crippen molar-refractivity contribution in [2.45, 2.75) is 72.1 Å². The largest absolute Gasteiger partial charge is 0.367 e. The van der Waals surface area contributed by atoms with E-state index >= 15 is 0 Å². The quantitative estimate of drug-likeness (QED) is 0.751. The molecule has 0 bridgehead atoms. The molecule has 1 aliphatic rings. The number of nitrogens with one attached hydrogen (secondary N) is 1. The van der Waals surface area contributed by atoms with E-state index < -0.39 is 0 Å². The lowest BCUT2D eigenvalue weighted by molar-refractivity contribution is -0.186. The molecule has 1 unspecified atom stereocenters. The standard InChI is InChI=1S/C16H34N2O/c1-13(2)10-17-9-8-14(3)18-11-15(4,5)19-16(6,7)12-18/h13-14,17H,8-12H2,1-7H3. The van der Waals surface area contributed by atoms with E-state index in [4.69, 9.17) is 4.74 Å². The van der Waals surface area contributed by atoms with Crippen LogP contribution in [0, 0.1) is 5.92 Å². The van der Waals surface area contributed by atoms with Gasteiger partial charge < -0.3 is 10.1 Å². The highest BCUT2D eigenvalue weighted by atomic mass is 16.5. The monoisotopic (exact) mass is 270 g/mol. The average Bonchev–Trinajstić information content (AvgIpc) is 2.19. The zero-order valence-electron chi connectivity index (χ0n) is 14.0. The summed E-state index contributed by atoms with van der Waals surface area (Å²) >= 11 is 0. The Kier molecular flexibility index (Phi) is 5.84. The Hall–Kier alpha value is -0.120. The number of hydrogen-bond acceptors (Lipinski definition) is 3. The molecule has 1 N–H and O–H groups in total. The van der Waals surface area contributed by atoms with Crippen molar-refractivity contribution in [2.24, 2.45) is 5.92 Å². The van der Waals surface area contributed by atoms with E-state index in [0.29, 0.717) is 6.04 Å². The predicted octanol–water partition coefficient (Wildman–Crippen LogP) is 2.90. The minimum Gasteiger partial charge on any atom is -0.367 e. The fraction of sp³-hybridized carbons (Fsp3) is 1.00. The molecule has 0 amide bonds. The van der Waals surface area contributed by atoms with Crippen molar-refractivity contribution < 1.29 is 4.74 Å². The second-order valence-corrected chi connectivity index (χ2v) is 7.76. The van der Waals surface area contributed by atoms with Crippen LogP contribution in [0.15, 0.2) is 0 Å². The first-order valence-corrected chi connectivity index (χ1v) is 7.76. The summed E-state index contributed by atoms with van der Waals surface area (Å²) in [4.78, 5) is 2.58. The highest BCUT2D eigenvalue weighted by Crippen LogP contribution is 2.29. The van der Waals surface area contributed by atoms with Gasteiger partial charge in [0.05, 0.1) is 11.2 Å². The molecule has 0 aliphatic carbocycles. The second kappa shape index (κ2) is 6.55. The number of rotatable bonds is 6. The molecule has 0 radical (unpaired) electrons. The van der Waals surface area contributed by atoms with Gasteiger partial charge in [0.25, 0.3) is 0 Å². The van der Waals surface area contributed by atoms with E-state index in [0.717, 1.165) is 32.1 Å². The molecule has 3 nitrogen and oxygen atoms in total. The maximum absolute atomic E-state index is 6.14. The van der Waals surface area contributed by atoms with E-state index in [1.54, 1.807) is 0 Å². The van der Waals surface area contributed by atoms with Crippen LogP contribution in [0.3, 0.4) is 0 Å². The van der Waals surface area contributed by atoms with E-state index in [-0.39, 0.29) is 11.2 Å². The number of morpholine rings is 1. The lowest BCUT2D eigenvalue weighted by Crippen LogP contribution is -2.59. The summed E-state index contributed by atoms with van der Waals surface area (Å²) in [6.07, 6.45) is 1.21. The van der Waals surface area contributed by atoms with Gasteiger partial charge in [0.1, 0.15) is 0 Å². The molecule has 1 rings (SSSR count). The van der Waals surface area contributed by atoms with E-state index in [2.05, 4.69) is 58.7 Å². The van der Waals surface area contributed by atoms with Crippen molar-refractivity contribution in [1.29, 1.82) is 0 Å². The maximum Gasteiger partial charge on any atom is 0.0760 e. The zero-order valence-corrected chi connectivity index (χ0v) is 14.0. The Bertz CT molecular complexity index is 258. The van der Waals surface area contributed by atoms with Crippen molar-refractivity contribution in [3.63, 3.8) is 0 Å². The van der Waals surface area contributed by atoms with Crippen LogP contribution in [0.25, 0.3) is 0 Å². The first-order valence-electron chi connectivity index (χ1n) is 7.76. The molecule has 1 heterocycles. The SMILES string of the molecule is CC(C)CNCCC(C)N1CC(C)(C)OC(C)(C)C1. The van der Waals surface area contributed by atoms with Crippen LogP contribution >= 0.6 is 0 Å². The third-order valence-corrected chi connectivity index (χ3v) is 3.64. The molecule has 1 aliphatic heterocycles. The van der Waals surface area contributed by atoms with Gasteiger partial charge in [0, 0.05) is 19.1 Å². The minimum atomic E-state index is -0.0403. The maximum atomic E-state index is 6.14. The van der Waals surface area contributed by atoms with Gasteiger partial charge in [-0.3, -0.25) is 4.90 Å². The summed E-state index contributed by atoms with van der Waals surface area (Å²) in [5.74, 6) is 0.733. The van der Waals surface area contributed by atoms with Gasteiger partial charge in [-0.2, -0.15) is 0 Å². The number of nitrogens with zero attached hydrogens (tertiary/aromatic N) is 1. The molecule has 0 saturated carbocycles. The lowest BCUT2D eigenvalue weighted by atomic mass is 9.97. The Balaban J connectivity index is 2.41. The van der Waals surface area contributed by atoms with Gasteiger partial charge in [-0.05, 0) is 60.0 Å². The lowest BCUT2D eigenvalue weighted by Gasteiger charge is -2.49. The fourth-order valence-corrected chi connectivity index (χ4v) is 3.04. The molecule has 3 heteroatoms. The highest BCUT2D eigenvalue weighted by Gasteiger charge is 2.39. The predicted molar refractivity (Wildman–Crippen MR) is 82.6 cm³/mol. The molecular formula is C16H34N2O. The van der Waals surface area contributed by atoms with Gasteiger partial charge in [-0.1, -0.05) is 13.8 Å². The van der Waals surface area contributed by atoms with Crippen molar-refractivity contribution >= 4 is 0 Å². The Morgan fingerprint density at radius 3 is 2.05 bits per heavy atom. The average molecular weight is 270 g/mol. The number of hydrogen-bond donors (Lipinski definition) is 1. The van der Waals surface area contributed by atoms with Gasteiger partial charge in [0.15, 0.2) is 0 Å². The van der Waals surface area contributed by atoms with Crippen LogP contribution in [0.5, 0.6) is 0 Å². The minimum absolute atomic E-state index is 0.0403. The normalized spacial score (nSPS) is 24.6. The summed E-state index contributed by atoms with van der Waals surface area (Å²) < 4.78 is 6.14. The molecule has 1 saturated heterocycles. The first kappa shape index (κ1) is 16.9. The van der Waals surface area contributed by atoms with Crippen LogP contribution < -0.4 is 5.32 Å². The van der Waals surface area contributed by atoms with Crippen molar-refractivity contribution in [3.8, 4) is 0 Å². The molecule has 0 spiro atoms. The summed E-state index contributed by atoms with van der Waals surface area (Å²) in [5.41, 5.74) is -0.0806. The van der Waals surface area contributed by atoms with Gasteiger partial charge >= 0.3 is 0 Å². The van der Waals surface area contributed by atoms with Crippen molar-refractivity contribution in [3.05, 3.63) is 0 Å². The Labute approximate surface area is 120 Å². The van der Waals surface area contributed by atoms with Crippen LogP contribution in [0.2, 0.25) is 0 Å². The van der Waals surface area contributed by atoms with Crippen molar-refractivity contribution in [1.82, 2.24) is 10.2 Å². The summed E-state index contributed by atoms with van der Waals surface area (Å²) in [6.45, 7) is 19.9. The molecule has 1 fully saturated rings. The summed E-state index contributed by atoms with van der Waals surface area (Å²) in [5, 5.41) is 3.54. The van der Waals surface area contributed by atoms with E-state index in [1.807, 2.05) is 0 Å². The zero-order chi connectivity index (χ0) is 14.7. The smallest absolute Gasteiger partial charge is 0.0760 e. The molecule has 114 valence electrons. The molecule has 0 aromatic carbocycles. The Morgan fingerprint density at radius 1 is 1.05 bits per heavy atom. The second-order valence-electron chi connectivity index (χ2n) is 7.76. The van der Waals surface area contributed by atoms with Crippen LogP contribution in [-0.4, -0.2) is 48.3 Å². The van der Waals surface area contributed by atoms with E-state index in [1.165, 1.54) is 6.42 Å². The van der Waals surface area contributed by atoms with Gasteiger partial charge in [-0.25, -0.2) is 0 Å². The molecular weight excluding hydrogens is 236 g/mol. The molecule has 0 aromatic rings. The van der Waals surface area contributed by atoms with Gasteiger partial charge in [-0.15, -0.1) is 0 Å². The molecule has 1 atom stereocenters. The van der Waals surface area contributed by atoms with Crippen molar-refractivity contribution in [2.75, 3.05) is 26.2 Å². The topological polar surface area (TPSA) is 24.5 Å². The fourth-order valence-electron chi connectivity index (χ4n) is 3.04.